The number of benzene rings is 1. The monoisotopic (exact) mass is 279 g/mol. The molecule has 1 heterocycles. The Morgan fingerprint density at radius 3 is 2.62 bits per heavy atom. The molecule has 82 valence electrons. The summed E-state index contributed by atoms with van der Waals surface area (Å²) >= 11 is 3.42. The summed E-state index contributed by atoms with van der Waals surface area (Å²) in [6.45, 7) is 0.444. The fourth-order valence-electron chi connectivity index (χ4n) is 1.22. The fraction of sp³-hybridized carbons (Fsp3) is 0.0833. The van der Waals surface area contributed by atoms with Crippen LogP contribution >= 0.6 is 15.9 Å². The van der Waals surface area contributed by atoms with Gasteiger partial charge in [0.1, 0.15) is 18.1 Å². The first kappa shape index (κ1) is 11.0. The van der Waals surface area contributed by atoms with Crippen LogP contribution in [0.15, 0.2) is 47.2 Å². The molecule has 16 heavy (non-hydrogen) atoms. The molecule has 2 aromatic rings. The quantitative estimate of drug-likeness (QED) is 0.939. The van der Waals surface area contributed by atoms with Crippen molar-refractivity contribution in [2.24, 2.45) is 0 Å². The lowest BCUT2D eigenvalue weighted by Gasteiger charge is -2.07. The first-order chi connectivity index (χ1) is 7.75. The molecule has 1 N–H and O–H groups in total. The highest BCUT2D eigenvalue weighted by Crippen LogP contribution is 2.19. The summed E-state index contributed by atoms with van der Waals surface area (Å²) in [5, 5.41) is 9.11. The second kappa shape index (κ2) is 4.99. The van der Waals surface area contributed by atoms with Gasteiger partial charge in [0.2, 0.25) is 0 Å². The molecule has 0 amide bonds. The Morgan fingerprint density at radius 1 is 1.19 bits per heavy atom. The number of ether oxygens (including phenoxy) is 1. The Bertz CT molecular complexity index is 471. The molecule has 4 heteroatoms. The molecule has 0 fully saturated rings. The summed E-state index contributed by atoms with van der Waals surface area (Å²) < 4.78 is 6.52. The SMILES string of the molecule is Oc1ccc(OCc2cnccc2Br)cc1. The molecule has 1 aromatic carbocycles. The summed E-state index contributed by atoms with van der Waals surface area (Å²) in [5.74, 6) is 0.948. The van der Waals surface area contributed by atoms with E-state index in [1.54, 1.807) is 36.7 Å². The van der Waals surface area contributed by atoms with Gasteiger partial charge in [0.05, 0.1) is 0 Å². The Hall–Kier alpha value is -1.55. The molecule has 0 atom stereocenters. The average molecular weight is 280 g/mol. The summed E-state index contributed by atoms with van der Waals surface area (Å²) in [5.41, 5.74) is 0.982. The third kappa shape index (κ3) is 2.73. The zero-order chi connectivity index (χ0) is 11.4. The molecule has 1 aromatic heterocycles. The Morgan fingerprint density at radius 2 is 1.94 bits per heavy atom. The van der Waals surface area contributed by atoms with Gasteiger partial charge in [-0.3, -0.25) is 4.98 Å². The lowest BCUT2D eigenvalue weighted by atomic mass is 10.3. The lowest BCUT2D eigenvalue weighted by Crippen LogP contribution is -1.96. The Kier molecular flexibility index (Phi) is 3.41. The van der Waals surface area contributed by atoms with E-state index in [4.69, 9.17) is 9.84 Å². The minimum atomic E-state index is 0.231. The Labute approximate surface area is 102 Å². The van der Waals surface area contributed by atoms with Crippen LogP contribution < -0.4 is 4.74 Å². The van der Waals surface area contributed by atoms with Gasteiger partial charge in [-0.1, -0.05) is 15.9 Å². The second-order valence-electron chi connectivity index (χ2n) is 3.25. The van der Waals surface area contributed by atoms with E-state index in [1.807, 2.05) is 6.07 Å². The van der Waals surface area contributed by atoms with Gasteiger partial charge in [0.25, 0.3) is 0 Å². The maximum Gasteiger partial charge on any atom is 0.120 e. The number of aromatic nitrogens is 1. The number of hydrogen-bond donors (Lipinski definition) is 1. The summed E-state index contributed by atoms with van der Waals surface area (Å²) in [6, 6.07) is 8.50. The van der Waals surface area contributed by atoms with Crippen molar-refractivity contribution in [2.45, 2.75) is 6.61 Å². The molecule has 0 saturated heterocycles. The van der Waals surface area contributed by atoms with Crippen molar-refractivity contribution in [1.82, 2.24) is 4.98 Å². The minimum Gasteiger partial charge on any atom is -0.508 e. The molecule has 3 nitrogen and oxygen atoms in total. The smallest absolute Gasteiger partial charge is 0.120 e. The van der Waals surface area contributed by atoms with Gasteiger partial charge < -0.3 is 9.84 Å². The highest BCUT2D eigenvalue weighted by Gasteiger charge is 2.00. The van der Waals surface area contributed by atoms with Crippen LogP contribution in [-0.4, -0.2) is 10.1 Å². The van der Waals surface area contributed by atoms with Gasteiger partial charge in [-0.2, -0.15) is 0 Å². The molecule has 0 radical (unpaired) electrons. The van der Waals surface area contributed by atoms with Crippen molar-refractivity contribution >= 4 is 15.9 Å². The van der Waals surface area contributed by atoms with Crippen molar-refractivity contribution in [2.75, 3.05) is 0 Å². The first-order valence-corrected chi connectivity index (χ1v) is 5.55. The normalized spacial score (nSPS) is 10.1. The molecule has 0 aliphatic carbocycles. The van der Waals surface area contributed by atoms with Crippen LogP contribution in [0.2, 0.25) is 0 Å². The zero-order valence-electron chi connectivity index (χ0n) is 8.43. The molecule has 0 unspecified atom stereocenters. The third-order valence-electron chi connectivity index (χ3n) is 2.08. The van der Waals surface area contributed by atoms with Gasteiger partial charge in [-0.15, -0.1) is 0 Å². The minimum absolute atomic E-state index is 0.231. The predicted octanol–water partition coefficient (Wildman–Crippen LogP) is 3.13. The van der Waals surface area contributed by atoms with E-state index in [1.165, 1.54) is 0 Å². The van der Waals surface area contributed by atoms with Crippen molar-refractivity contribution in [3.8, 4) is 11.5 Å². The van der Waals surface area contributed by atoms with Crippen LogP contribution in [0.4, 0.5) is 0 Å². The second-order valence-corrected chi connectivity index (χ2v) is 4.10. The predicted molar refractivity (Wildman–Crippen MR) is 64.4 cm³/mol. The van der Waals surface area contributed by atoms with Gasteiger partial charge >= 0.3 is 0 Å². The van der Waals surface area contributed by atoms with Crippen molar-refractivity contribution in [3.63, 3.8) is 0 Å². The Balaban J connectivity index is 2.02. The molecular weight excluding hydrogens is 270 g/mol. The number of pyridine rings is 1. The van der Waals surface area contributed by atoms with Gasteiger partial charge in [0, 0.05) is 22.4 Å². The number of hydrogen-bond acceptors (Lipinski definition) is 3. The molecule has 0 aliphatic heterocycles. The van der Waals surface area contributed by atoms with Crippen LogP contribution in [0.25, 0.3) is 0 Å². The van der Waals surface area contributed by atoms with Crippen molar-refractivity contribution < 1.29 is 9.84 Å². The van der Waals surface area contributed by atoms with Crippen LogP contribution in [0, 0.1) is 0 Å². The topological polar surface area (TPSA) is 42.4 Å². The van der Waals surface area contributed by atoms with E-state index < -0.39 is 0 Å². The van der Waals surface area contributed by atoms with E-state index in [-0.39, 0.29) is 5.75 Å². The number of phenolic OH excluding ortho intramolecular Hbond substituents is 1. The standard InChI is InChI=1S/C12H10BrNO2/c13-12-5-6-14-7-9(12)8-16-11-3-1-10(15)2-4-11/h1-7,15H,8H2. The first-order valence-electron chi connectivity index (χ1n) is 4.76. The molecule has 2 rings (SSSR count). The lowest BCUT2D eigenvalue weighted by molar-refractivity contribution is 0.304. The number of aromatic hydroxyl groups is 1. The van der Waals surface area contributed by atoms with E-state index in [9.17, 15) is 0 Å². The van der Waals surface area contributed by atoms with Gasteiger partial charge in [-0.25, -0.2) is 0 Å². The van der Waals surface area contributed by atoms with Crippen LogP contribution in [0.5, 0.6) is 11.5 Å². The molecule has 0 bridgehead atoms. The highest BCUT2D eigenvalue weighted by molar-refractivity contribution is 9.10. The van der Waals surface area contributed by atoms with Crippen LogP contribution in [-0.2, 0) is 6.61 Å². The number of nitrogens with zero attached hydrogens (tertiary/aromatic N) is 1. The van der Waals surface area contributed by atoms with E-state index in [2.05, 4.69) is 20.9 Å². The van der Waals surface area contributed by atoms with Crippen molar-refractivity contribution in [3.05, 3.63) is 52.8 Å². The number of phenols is 1. The van der Waals surface area contributed by atoms with E-state index in [0.717, 1.165) is 10.0 Å². The highest BCUT2D eigenvalue weighted by atomic mass is 79.9. The fourth-order valence-corrected chi connectivity index (χ4v) is 1.55. The zero-order valence-corrected chi connectivity index (χ0v) is 10.0. The van der Waals surface area contributed by atoms with E-state index >= 15 is 0 Å². The summed E-state index contributed by atoms with van der Waals surface area (Å²) in [7, 11) is 0. The largest absolute Gasteiger partial charge is 0.508 e. The maximum absolute atomic E-state index is 9.11. The van der Waals surface area contributed by atoms with Crippen molar-refractivity contribution in [1.29, 1.82) is 0 Å². The van der Waals surface area contributed by atoms with Crippen LogP contribution in [0.3, 0.4) is 0 Å². The number of halogens is 1. The molecule has 0 aliphatic rings. The molecule has 0 saturated carbocycles. The number of rotatable bonds is 3. The molecular formula is C12H10BrNO2. The van der Waals surface area contributed by atoms with Gasteiger partial charge in [0.15, 0.2) is 0 Å². The van der Waals surface area contributed by atoms with E-state index in [0.29, 0.717) is 12.4 Å². The maximum atomic E-state index is 9.11. The molecule has 0 spiro atoms. The summed E-state index contributed by atoms with van der Waals surface area (Å²) in [6.07, 6.45) is 3.47. The summed E-state index contributed by atoms with van der Waals surface area (Å²) in [4.78, 5) is 4.02. The third-order valence-corrected chi connectivity index (χ3v) is 2.85. The average Bonchev–Trinajstić information content (AvgIpc) is 2.30. The van der Waals surface area contributed by atoms with Crippen LogP contribution in [0.1, 0.15) is 5.56 Å². The van der Waals surface area contributed by atoms with Gasteiger partial charge in [-0.05, 0) is 30.3 Å².